The van der Waals surface area contributed by atoms with Crippen molar-refractivity contribution < 1.29 is 0 Å². The van der Waals surface area contributed by atoms with Crippen LogP contribution < -0.4 is 0 Å². The fraction of sp³-hybridized carbons (Fsp3) is 1.00. The van der Waals surface area contributed by atoms with Crippen LogP contribution in [0.15, 0.2) is 0 Å². The van der Waals surface area contributed by atoms with Gasteiger partial charge in [-0.3, -0.25) is 0 Å². The SMILES string of the molecule is CCCCCC(CCCCC(C)CCCC)C(C)(CC)CCC. The lowest BCUT2D eigenvalue weighted by Gasteiger charge is -2.38. The fourth-order valence-corrected chi connectivity index (χ4v) is 4.30. The van der Waals surface area contributed by atoms with Gasteiger partial charge in [0.15, 0.2) is 0 Å². The van der Waals surface area contributed by atoms with Crippen molar-refractivity contribution in [1.29, 1.82) is 0 Å². The summed E-state index contributed by atoms with van der Waals surface area (Å²) in [6.07, 6.45) is 19.9. The first-order valence-corrected chi connectivity index (χ1v) is 11.0. The van der Waals surface area contributed by atoms with Crippen molar-refractivity contribution in [3.8, 4) is 0 Å². The summed E-state index contributed by atoms with van der Waals surface area (Å²) in [7, 11) is 0. The third-order valence-corrected chi connectivity index (χ3v) is 6.32. The van der Waals surface area contributed by atoms with E-state index in [1.165, 1.54) is 89.9 Å². The van der Waals surface area contributed by atoms with Gasteiger partial charge in [-0.05, 0) is 36.5 Å². The van der Waals surface area contributed by atoms with Crippen molar-refractivity contribution in [2.24, 2.45) is 17.3 Å². The van der Waals surface area contributed by atoms with Crippen molar-refractivity contribution in [2.45, 2.75) is 131 Å². The van der Waals surface area contributed by atoms with E-state index in [4.69, 9.17) is 0 Å². The summed E-state index contributed by atoms with van der Waals surface area (Å²) < 4.78 is 0. The monoisotopic (exact) mass is 324 g/mol. The van der Waals surface area contributed by atoms with Gasteiger partial charge in [-0.25, -0.2) is 0 Å². The quantitative estimate of drug-likeness (QED) is 0.249. The molecule has 0 rings (SSSR count). The van der Waals surface area contributed by atoms with E-state index in [9.17, 15) is 0 Å². The molecular formula is C23H48. The van der Waals surface area contributed by atoms with Crippen LogP contribution in [0.1, 0.15) is 131 Å². The van der Waals surface area contributed by atoms with Crippen molar-refractivity contribution in [1.82, 2.24) is 0 Å². The van der Waals surface area contributed by atoms with Gasteiger partial charge in [-0.2, -0.15) is 0 Å². The first-order valence-electron chi connectivity index (χ1n) is 11.0. The molecular weight excluding hydrogens is 276 g/mol. The number of unbranched alkanes of at least 4 members (excludes halogenated alkanes) is 4. The van der Waals surface area contributed by atoms with Crippen LogP contribution in [-0.2, 0) is 0 Å². The highest BCUT2D eigenvalue weighted by molar-refractivity contribution is 4.81. The van der Waals surface area contributed by atoms with Gasteiger partial charge >= 0.3 is 0 Å². The molecule has 0 aliphatic heterocycles. The maximum atomic E-state index is 2.58. The van der Waals surface area contributed by atoms with Gasteiger partial charge in [0.1, 0.15) is 0 Å². The summed E-state index contributed by atoms with van der Waals surface area (Å²) in [4.78, 5) is 0. The Morgan fingerprint density at radius 1 is 0.652 bits per heavy atom. The Morgan fingerprint density at radius 2 is 1.17 bits per heavy atom. The van der Waals surface area contributed by atoms with Gasteiger partial charge in [-0.1, -0.05) is 112 Å². The first kappa shape index (κ1) is 23.0. The molecule has 0 radical (unpaired) electrons. The standard InChI is InChI=1S/C23H48/c1-7-11-13-18-22(23(6,10-4)20-9-3)19-15-14-17-21(5)16-12-8-2/h21-22H,7-20H2,1-6H3. The molecule has 0 N–H and O–H groups in total. The molecule has 0 aromatic carbocycles. The topological polar surface area (TPSA) is 0 Å². The largest absolute Gasteiger partial charge is 0.0654 e. The van der Waals surface area contributed by atoms with Crippen LogP contribution in [0.3, 0.4) is 0 Å². The highest BCUT2D eigenvalue weighted by Crippen LogP contribution is 2.42. The van der Waals surface area contributed by atoms with E-state index >= 15 is 0 Å². The average molecular weight is 325 g/mol. The van der Waals surface area contributed by atoms with Crippen LogP contribution in [0.25, 0.3) is 0 Å². The Hall–Kier alpha value is 0. The third-order valence-electron chi connectivity index (χ3n) is 6.32. The Morgan fingerprint density at radius 3 is 1.70 bits per heavy atom. The second kappa shape index (κ2) is 14.4. The minimum absolute atomic E-state index is 0.594. The van der Waals surface area contributed by atoms with Crippen LogP contribution in [0.2, 0.25) is 0 Å². The highest BCUT2D eigenvalue weighted by atomic mass is 14.4. The maximum Gasteiger partial charge on any atom is -0.0300 e. The maximum absolute atomic E-state index is 2.58. The zero-order valence-electron chi connectivity index (χ0n) is 17.6. The molecule has 0 bridgehead atoms. The minimum atomic E-state index is 0.594. The molecule has 0 aromatic heterocycles. The molecule has 0 aliphatic carbocycles. The van der Waals surface area contributed by atoms with E-state index in [0.717, 1.165) is 11.8 Å². The molecule has 0 saturated heterocycles. The van der Waals surface area contributed by atoms with Gasteiger partial charge in [0.25, 0.3) is 0 Å². The van der Waals surface area contributed by atoms with Crippen molar-refractivity contribution in [3.05, 3.63) is 0 Å². The minimum Gasteiger partial charge on any atom is -0.0654 e. The Kier molecular flexibility index (Phi) is 14.4. The van der Waals surface area contributed by atoms with E-state index in [0.29, 0.717) is 5.41 Å². The molecule has 0 heteroatoms. The second-order valence-electron chi connectivity index (χ2n) is 8.48. The summed E-state index contributed by atoms with van der Waals surface area (Å²) in [6.45, 7) is 14.5. The van der Waals surface area contributed by atoms with Crippen LogP contribution in [0.4, 0.5) is 0 Å². The summed E-state index contributed by atoms with van der Waals surface area (Å²) in [5.74, 6) is 1.91. The highest BCUT2D eigenvalue weighted by Gasteiger charge is 2.30. The molecule has 0 heterocycles. The van der Waals surface area contributed by atoms with Gasteiger partial charge < -0.3 is 0 Å². The lowest BCUT2D eigenvalue weighted by atomic mass is 9.68. The molecule has 0 spiro atoms. The third kappa shape index (κ3) is 10.5. The van der Waals surface area contributed by atoms with Crippen molar-refractivity contribution >= 4 is 0 Å². The molecule has 0 aromatic rings. The lowest BCUT2D eigenvalue weighted by molar-refractivity contribution is 0.132. The van der Waals surface area contributed by atoms with Crippen LogP contribution >= 0.6 is 0 Å². The lowest BCUT2D eigenvalue weighted by Crippen LogP contribution is -2.27. The number of hydrogen-bond acceptors (Lipinski definition) is 0. The summed E-state index contributed by atoms with van der Waals surface area (Å²) in [6, 6.07) is 0. The van der Waals surface area contributed by atoms with E-state index in [1.807, 2.05) is 0 Å². The molecule has 0 amide bonds. The summed E-state index contributed by atoms with van der Waals surface area (Å²) >= 11 is 0. The smallest absolute Gasteiger partial charge is 0.0300 e. The van der Waals surface area contributed by atoms with Crippen LogP contribution in [0.5, 0.6) is 0 Å². The molecule has 0 aliphatic rings. The van der Waals surface area contributed by atoms with Gasteiger partial charge in [0.2, 0.25) is 0 Å². The fourth-order valence-electron chi connectivity index (χ4n) is 4.30. The predicted octanol–water partition coefficient (Wildman–Crippen LogP) is 8.79. The number of rotatable bonds is 16. The van der Waals surface area contributed by atoms with Crippen LogP contribution in [-0.4, -0.2) is 0 Å². The normalized spacial score (nSPS) is 17.0. The first-order chi connectivity index (χ1) is 11.0. The van der Waals surface area contributed by atoms with Crippen molar-refractivity contribution in [3.63, 3.8) is 0 Å². The van der Waals surface area contributed by atoms with E-state index in [-0.39, 0.29) is 0 Å². The Balaban J connectivity index is 4.29. The van der Waals surface area contributed by atoms with E-state index in [2.05, 4.69) is 41.5 Å². The molecule has 23 heavy (non-hydrogen) atoms. The van der Waals surface area contributed by atoms with Crippen molar-refractivity contribution in [2.75, 3.05) is 0 Å². The zero-order valence-corrected chi connectivity index (χ0v) is 17.6. The van der Waals surface area contributed by atoms with E-state index < -0.39 is 0 Å². The van der Waals surface area contributed by atoms with E-state index in [1.54, 1.807) is 0 Å². The van der Waals surface area contributed by atoms with Crippen LogP contribution in [0, 0.1) is 17.3 Å². The Labute approximate surface area is 149 Å². The second-order valence-corrected chi connectivity index (χ2v) is 8.48. The van der Waals surface area contributed by atoms with Gasteiger partial charge in [0, 0.05) is 0 Å². The molecule has 0 saturated carbocycles. The summed E-state index contributed by atoms with van der Waals surface area (Å²) in [5, 5.41) is 0. The molecule has 0 nitrogen and oxygen atoms in total. The molecule has 3 atom stereocenters. The summed E-state index contributed by atoms with van der Waals surface area (Å²) in [5.41, 5.74) is 0.594. The molecule has 3 unspecified atom stereocenters. The predicted molar refractivity (Wildman–Crippen MR) is 108 cm³/mol. The molecule has 140 valence electrons. The van der Waals surface area contributed by atoms with Gasteiger partial charge in [0.05, 0.1) is 0 Å². The number of hydrogen-bond donors (Lipinski definition) is 0. The Bertz CT molecular complexity index is 244. The molecule has 0 fully saturated rings. The average Bonchev–Trinajstić information content (AvgIpc) is 2.55. The zero-order chi connectivity index (χ0) is 17.6. The van der Waals surface area contributed by atoms with Gasteiger partial charge in [-0.15, -0.1) is 0 Å².